The molecule has 1 N–H and O–H groups in total. The highest BCUT2D eigenvalue weighted by Crippen LogP contribution is 2.22. The average molecular weight is 435 g/mol. The summed E-state index contributed by atoms with van der Waals surface area (Å²) in [5, 5.41) is 3.04. The largest absolute Gasteiger partial charge is 0.489 e. The predicted molar refractivity (Wildman–Crippen MR) is 121 cm³/mol. The molecule has 1 atom stereocenters. The van der Waals surface area contributed by atoms with E-state index in [2.05, 4.69) is 10.2 Å². The molecule has 0 aliphatic carbocycles. The number of ether oxygens (including phenoxy) is 2. The third-order valence-electron chi connectivity index (χ3n) is 5.56. The highest BCUT2D eigenvalue weighted by atomic mass is 19.1. The summed E-state index contributed by atoms with van der Waals surface area (Å²) in [6.45, 7) is 3.72. The van der Waals surface area contributed by atoms with Gasteiger partial charge in [-0.15, -0.1) is 0 Å². The number of carbonyl (C=O) groups excluding carboxylic acids is 1. The summed E-state index contributed by atoms with van der Waals surface area (Å²) in [6, 6.07) is 23.5. The van der Waals surface area contributed by atoms with Gasteiger partial charge in [0.05, 0.1) is 19.3 Å². The maximum Gasteiger partial charge on any atom is 0.251 e. The lowest BCUT2D eigenvalue weighted by molar-refractivity contribution is 0.0162. The van der Waals surface area contributed by atoms with Gasteiger partial charge in [0.2, 0.25) is 0 Å². The maximum absolute atomic E-state index is 13.4. The number of morpholine rings is 1. The summed E-state index contributed by atoms with van der Waals surface area (Å²) in [6.07, 6.45) is 0. The molecule has 0 bridgehead atoms. The van der Waals surface area contributed by atoms with Gasteiger partial charge in [0, 0.05) is 25.2 Å². The molecule has 1 aliphatic rings. The fraction of sp³-hybridized carbons (Fsp3) is 0.269. The van der Waals surface area contributed by atoms with Gasteiger partial charge in [-0.3, -0.25) is 9.69 Å². The van der Waals surface area contributed by atoms with E-state index >= 15 is 0 Å². The molecule has 0 spiro atoms. The van der Waals surface area contributed by atoms with E-state index in [0.29, 0.717) is 31.9 Å². The van der Waals surface area contributed by atoms with Crippen molar-refractivity contribution in [1.29, 1.82) is 0 Å². The first kappa shape index (κ1) is 22.0. The minimum Gasteiger partial charge on any atom is -0.489 e. The smallest absolute Gasteiger partial charge is 0.251 e. The summed E-state index contributed by atoms with van der Waals surface area (Å²) in [4.78, 5) is 15.0. The zero-order chi connectivity index (χ0) is 22.2. The normalized spacial score (nSPS) is 15.2. The van der Waals surface area contributed by atoms with E-state index in [1.165, 1.54) is 12.1 Å². The molecule has 0 radical (unpaired) electrons. The molecule has 0 saturated carbocycles. The first-order valence-corrected chi connectivity index (χ1v) is 10.8. The number of nitrogens with one attached hydrogen (secondary N) is 1. The molecule has 1 heterocycles. The van der Waals surface area contributed by atoms with Crippen LogP contribution in [0.3, 0.4) is 0 Å². The molecule has 6 heteroatoms. The SMILES string of the molecule is O=C(NC[C@@H](c1ccc(F)cc1)N1CCOCC1)c1ccc(COc2ccccc2)cc1. The van der Waals surface area contributed by atoms with E-state index in [9.17, 15) is 9.18 Å². The monoisotopic (exact) mass is 434 g/mol. The Labute approximate surface area is 187 Å². The Morgan fingerprint density at radius 3 is 2.34 bits per heavy atom. The second-order valence-electron chi connectivity index (χ2n) is 7.72. The molecule has 5 nitrogen and oxygen atoms in total. The molecule has 1 amide bonds. The van der Waals surface area contributed by atoms with E-state index in [1.54, 1.807) is 24.3 Å². The van der Waals surface area contributed by atoms with Gasteiger partial charge in [-0.1, -0.05) is 42.5 Å². The Hall–Kier alpha value is -3.22. The lowest BCUT2D eigenvalue weighted by Gasteiger charge is -2.35. The Bertz CT molecular complexity index is 988. The third kappa shape index (κ3) is 5.93. The van der Waals surface area contributed by atoms with Gasteiger partial charge in [0.15, 0.2) is 0 Å². The Balaban J connectivity index is 1.36. The number of rotatable bonds is 8. The van der Waals surface area contributed by atoms with Gasteiger partial charge < -0.3 is 14.8 Å². The topological polar surface area (TPSA) is 50.8 Å². The quantitative estimate of drug-likeness (QED) is 0.577. The maximum atomic E-state index is 13.4. The van der Waals surface area contributed by atoms with Crippen LogP contribution in [0.4, 0.5) is 4.39 Å². The first-order chi connectivity index (χ1) is 15.7. The third-order valence-corrected chi connectivity index (χ3v) is 5.56. The van der Waals surface area contributed by atoms with Crippen molar-refractivity contribution >= 4 is 5.91 Å². The Morgan fingerprint density at radius 2 is 1.66 bits per heavy atom. The molecule has 166 valence electrons. The van der Waals surface area contributed by atoms with Crippen molar-refractivity contribution in [3.05, 3.63) is 101 Å². The molecule has 1 saturated heterocycles. The number of carbonyl (C=O) groups is 1. The van der Waals surface area contributed by atoms with Crippen LogP contribution in [0.25, 0.3) is 0 Å². The highest BCUT2D eigenvalue weighted by molar-refractivity contribution is 5.94. The fourth-order valence-electron chi connectivity index (χ4n) is 3.76. The lowest BCUT2D eigenvalue weighted by Crippen LogP contribution is -2.43. The van der Waals surface area contributed by atoms with E-state index in [1.807, 2.05) is 42.5 Å². The van der Waals surface area contributed by atoms with Crippen molar-refractivity contribution in [1.82, 2.24) is 10.2 Å². The molecule has 0 unspecified atom stereocenters. The van der Waals surface area contributed by atoms with Crippen molar-refractivity contribution < 1.29 is 18.7 Å². The summed E-state index contributed by atoms with van der Waals surface area (Å²) < 4.78 is 24.6. The van der Waals surface area contributed by atoms with Crippen LogP contribution >= 0.6 is 0 Å². The van der Waals surface area contributed by atoms with Crippen LogP contribution in [-0.4, -0.2) is 43.7 Å². The Kier molecular flexibility index (Phi) is 7.48. The average Bonchev–Trinajstić information content (AvgIpc) is 2.85. The zero-order valence-corrected chi connectivity index (χ0v) is 17.9. The van der Waals surface area contributed by atoms with Gasteiger partial charge in [0.1, 0.15) is 18.2 Å². The molecular weight excluding hydrogens is 407 g/mol. The number of benzene rings is 3. The van der Waals surface area contributed by atoms with Gasteiger partial charge in [-0.25, -0.2) is 4.39 Å². The number of para-hydroxylation sites is 1. The molecule has 3 aromatic rings. The van der Waals surface area contributed by atoms with Crippen molar-refractivity contribution in [2.45, 2.75) is 12.6 Å². The zero-order valence-electron chi connectivity index (χ0n) is 17.9. The molecule has 32 heavy (non-hydrogen) atoms. The summed E-state index contributed by atoms with van der Waals surface area (Å²) in [7, 11) is 0. The molecule has 3 aromatic carbocycles. The van der Waals surface area contributed by atoms with Crippen molar-refractivity contribution in [2.24, 2.45) is 0 Å². The van der Waals surface area contributed by atoms with Gasteiger partial charge >= 0.3 is 0 Å². The number of amides is 1. The number of halogens is 1. The molecule has 1 fully saturated rings. The van der Waals surface area contributed by atoms with E-state index in [0.717, 1.165) is 30.0 Å². The van der Waals surface area contributed by atoms with Crippen LogP contribution in [0.2, 0.25) is 0 Å². The molecule has 1 aliphatic heterocycles. The number of hydrogen-bond donors (Lipinski definition) is 1. The minimum absolute atomic E-state index is 0.0398. The van der Waals surface area contributed by atoms with Crippen LogP contribution in [-0.2, 0) is 11.3 Å². The highest BCUT2D eigenvalue weighted by Gasteiger charge is 2.23. The molecular formula is C26H27FN2O3. The van der Waals surface area contributed by atoms with E-state index in [4.69, 9.17) is 9.47 Å². The predicted octanol–water partition coefficient (Wildman–Crippen LogP) is 4.21. The summed E-state index contributed by atoms with van der Waals surface area (Å²) >= 11 is 0. The molecule has 4 rings (SSSR count). The summed E-state index contributed by atoms with van der Waals surface area (Å²) in [5.74, 6) is 0.403. The van der Waals surface area contributed by atoms with E-state index < -0.39 is 0 Å². The van der Waals surface area contributed by atoms with Crippen LogP contribution in [0.15, 0.2) is 78.9 Å². The standard InChI is InChI=1S/C26H27FN2O3/c27-23-12-10-21(11-13-23)25(29-14-16-31-17-15-29)18-28-26(30)22-8-6-20(7-9-22)19-32-24-4-2-1-3-5-24/h1-13,25H,14-19H2,(H,28,30)/t25-/m0/s1. The fourth-order valence-corrected chi connectivity index (χ4v) is 3.76. The number of nitrogens with zero attached hydrogens (tertiary/aromatic N) is 1. The Morgan fingerprint density at radius 1 is 0.969 bits per heavy atom. The van der Waals surface area contributed by atoms with Gasteiger partial charge in [-0.2, -0.15) is 0 Å². The second-order valence-corrected chi connectivity index (χ2v) is 7.72. The first-order valence-electron chi connectivity index (χ1n) is 10.8. The van der Waals surface area contributed by atoms with Crippen molar-refractivity contribution in [3.63, 3.8) is 0 Å². The lowest BCUT2D eigenvalue weighted by atomic mass is 10.0. The van der Waals surface area contributed by atoms with Gasteiger partial charge in [0.25, 0.3) is 5.91 Å². The molecule has 0 aromatic heterocycles. The van der Waals surface area contributed by atoms with E-state index in [-0.39, 0.29) is 17.8 Å². The van der Waals surface area contributed by atoms with Crippen LogP contribution in [0.1, 0.15) is 27.5 Å². The summed E-state index contributed by atoms with van der Waals surface area (Å²) in [5.41, 5.74) is 2.55. The van der Waals surface area contributed by atoms with Crippen LogP contribution in [0, 0.1) is 5.82 Å². The minimum atomic E-state index is -0.269. The van der Waals surface area contributed by atoms with Crippen LogP contribution in [0.5, 0.6) is 5.75 Å². The van der Waals surface area contributed by atoms with Crippen molar-refractivity contribution in [3.8, 4) is 5.75 Å². The van der Waals surface area contributed by atoms with Crippen LogP contribution < -0.4 is 10.1 Å². The van der Waals surface area contributed by atoms with Crippen molar-refractivity contribution in [2.75, 3.05) is 32.8 Å². The second kappa shape index (κ2) is 10.9. The van der Waals surface area contributed by atoms with Gasteiger partial charge in [-0.05, 0) is 47.5 Å². The number of hydrogen-bond acceptors (Lipinski definition) is 4.